The van der Waals surface area contributed by atoms with E-state index in [9.17, 15) is 4.79 Å². The van der Waals surface area contributed by atoms with E-state index < -0.39 is 0 Å². The van der Waals surface area contributed by atoms with Gasteiger partial charge in [0.15, 0.2) is 0 Å². The third kappa shape index (κ3) is 3.57. The lowest BCUT2D eigenvalue weighted by Crippen LogP contribution is -2.38. The fourth-order valence-corrected chi connectivity index (χ4v) is 3.82. The van der Waals surface area contributed by atoms with Gasteiger partial charge in [-0.25, -0.2) is 9.97 Å². The number of ether oxygens (including phenoxy) is 1. The molecule has 2 aromatic heterocycles. The van der Waals surface area contributed by atoms with Crippen LogP contribution in [0, 0.1) is 13.8 Å². The highest BCUT2D eigenvalue weighted by atomic mass is 32.1. The molecule has 0 radical (unpaired) electrons. The van der Waals surface area contributed by atoms with Crippen LogP contribution in [0.4, 0.5) is 5.82 Å². The molecule has 0 saturated carbocycles. The van der Waals surface area contributed by atoms with Crippen molar-refractivity contribution in [2.75, 3.05) is 31.2 Å². The highest BCUT2D eigenvalue weighted by molar-refractivity contribution is 7.11. The lowest BCUT2D eigenvalue weighted by molar-refractivity contribution is 0.0938. The number of rotatable bonds is 4. The van der Waals surface area contributed by atoms with Crippen LogP contribution in [-0.2, 0) is 4.74 Å². The molecule has 0 aliphatic carbocycles. The Labute approximate surface area is 145 Å². The number of amides is 1. The van der Waals surface area contributed by atoms with Crippen molar-refractivity contribution in [1.82, 2.24) is 15.3 Å². The van der Waals surface area contributed by atoms with Crippen molar-refractivity contribution < 1.29 is 9.53 Å². The molecule has 3 rings (SSSR count). The maximum atomic E-state index is 12.8. The molecule has 2 aromatic rings. The van der Waals surface area contributed by atoms with Gasteiger partial charge in [-0.05, 0) is 32.9 Å². The van der Waals surface area contributed by atoms with Gasteiger partial charge in [-0.3, -0.25) is 4.79 Å². The van der Waals surface area contributed by atoms with Crippen LogP contribution < -0.4 is 10.2 Å². The van der Waals surface area contributed by atoms with Crippen molar-refractivity contribution >= 4 is 23.1 Å². The number of hydrogen-bond donors (Lipinski definition) is 1. The number of carbonyl (C=O) groups is 1. The quantitative estimate of drug-likeness (QED) is 0.921. The van der Waals surface area contributed by atoms with Gasteiger partial charge in [0.2, 0.25) is 0 Å². The Bertz CT molecular complexity index is 725. The fraction of sp³-hybridized carbons (Fsp3) is 0.471. The van der Waals surface area contributed by atoms with Gasteiger partial charge in [-0.2, -0.15) is 0 Å². The normalized spacial score (nSPS) is 16.0. The molecular weight excluding hydrogens is 324 g/mol. The van der Waals surface area contributed by atoms with Crippen molar-refractivity contribution in [3.8, 4) is 0 Å². The summed E-state index contributed by atoms with van der Waals surface area (Å²) in [5, 5.41) is 4.09. The minimum atomic E-state index is -0.109. The van der Waals surface area contributed by atoms with Gasteiger partial charge in [-0.1, -0.05) is 0 Å². The monoisotopic (exact) mass is 346 g/mol. The number of anilines is 1. The van der Waals surface area contributed by atoms with Crippen molar-refractivity contribution in [3.05, 3.63) is 39.5 Å². The van der Waals surface area contributed by atoms with E-state index in [4.69, 9.17) is 4.74 Å². The van der Waals surface area contributed by atoms with Gasteiger partial charge < -0.3 is 15.0 Å². The Kier molecular flexibility index (Phi) is 5.11. The SMILES string of the molecule is Cc1nc(C)c(C(C)NC(=O)c2cccnc2N2CCOCC2)s1. The molecule has 6 nitrogen and oxygen atoms in total. The topological polar surface area (TPSA) is 67.4 Å². The van der Waals surface area contributed by atoms with Crippen LogP contribution in [0.1, 0.15) is 38.9 Å². The smallest absolute Gasteiger partial charge is 0.255 e. The summed E-state index contributed by atoms with van der Waals surface area (Å²) in [4.78, 5) is 24.8. The number of nitrogens with one attached hydrogen (secondary N) is 1. The lowest BCUT2D eigenvalue weighted by Gasteiger charge is -2.29. The maximum Gasteiger partial charge on any atom is 0.255 e. The minimum Gasteiger partial charge on any atom is -0.378 e. The number of hydrogen-bond acceptors (Lipinski definition) is 6. The lowest BCUT2D eigenvalue weighted by atomic mass is 10.2. The van der Waals surface area contributed by atoms with Gasteiger partial charge in [0, 0.05) is 24.2 Å². The number of nitrogens with zero attached hydrogens (tertiary/aromatic N) is 3. The fourth-order valence-electron chi connectivity index (χ4n) is 2.89. The first kappa shape index (κ1) is 16.9. The first-order valence-corrected chi connectivity index (χ1v) is 8.90. The third-order valence-corrected chi connectivity index (χ3v) is 5.28. The summed E-state index contributed by atoms with van der Waals surface area (Å²) in [7, 11) is 0. The minimum absolute atomic E-state index is 0.0820. The standard InChI is InChI=1S/C17H22N4O2S/c1-11-15(24-13(3)19-11)12(2)20-17(22)14-5-4-6-18-16(14)21-7-9-23-10-8-21/h4-6,12H,7-10H2,1-3H3,(H,20,22). The van der Waals surface area contributed by atoms with E-state index in [2.05, 4.69) is 20.2 Å². The molecule has 1 aliphatic heterocycles. The van der Waals surface area contributed by atoms with Crippen LogP contribution in [0.25, 0.3) is 0 Å². The molecule has 0 bridgehead atoms. The van der Waals surface area contributed by atoms with Gasteiger partial charge in [0.1, 0.15) is 5.82 Å². The number of thiazole rings is 1. The zero-order valence-electron chi connectivity index (χ0n) is 14.2. The van der Waals surface area contributed by atoms with Crippen molar-refractivity contribution in [3.63, 3.8) is 0 Å². The van der Waals surface area contributed by atoms with Crippen LogP contribution >= 0.6 is 11.3 Å². The summed E-state index contributed by atoms with van der Waals surface area (Å²) >= 11 is 1.62. The highest BCUT2D eigenvalue weighted by Crippen LogP contribution is 2.25. The van der Waals surface area contributed by atoms with Gasteiger partial charge in [0.05, 0.1) is 35.5 Å². The summed E-state index contributed by atoms with van der Waals surface area (Å²) in [5.74, 6) is 0.616. The second-order valence-electron chi connectivity index (χ2n) is 5.85. The molecule has 0 aromatic carbocycles. The molecule has 1 atom stereocenters. The molecule has 1 N–H and O–H groups in total. The number of aromatic nitrogens is 2. The first-order valence-electron chi connectivity index (χ1n) is 8.08. The molecule has 1 amide bonds. The summed E-state index contributed by atoms with van der Waals surface area (Å²) in [6.45, 7) is 8.77. The molecule has 128 valence electrons. The zero-order valence-corrected chi connectivity index (χ0v) is 15.0. The van der Waals surface area contributed by atoms with Crippen LogP contribution in [0.3, 0.4) is 0 Å². The second-order valence-corrected chi connectivity index (χ2v) is 7.09. The molecule has 1 fully saturated rings. The molecule has 1 unspecified atom stereocenters. The van der Waals surface area contributed by atoms with E-state index in [0.717, 1.165) is 34.5 Å². The molecule has 1 saturated heterocycles. The van der Waals surface area contributed by atoms with E-state index in [0.29, 0.717) is 18.8 Å². The van der Waals surface area contributed by atoms with E-state index in [1.54, 1.807) is 23.6 Å². The van der Waals surface area contributed by atoms with Crippen molar-refractivity contribution in [2.24, 2.45) is 0 Å². The second kappa shape index (κ2) is 7.27. The van der Waals surface area contributed by atoms with Crippen LogP contribution in [0.15, 0.2) is 18.3 Å². The Balaban J connectivity index is 1.78. The first-order chi connectivity index (χ1) is 11.6. The number of pyridine rings is 1. The Hall–Kier alpha value is -1.99. The molecular formula is C17H22N4O2S. The van der Waals surface area contributed by atoms with Crippen molar-refractivity contribution in [2.45, 2.75) is 26.8 Å². The summed E-state index contributed by atoms with van der Waals surface area (Å²) in [6, 6.07) is 3.54. The van der Waals surface area contributed by atoms with Crippen molar-refractivity contribution in [1.29, 1.82) is 0 Å². The average molecular weight is 346 g/mol. The van der Waals surface area contributed by atoms with Crippen LogP contribution in [0.5, 0.6) is 0 Å². The number of carbonyl (C=O) groups excluding carboxylic acids is 1. The largest absolute Gasteiger partial charge is 0.378 e. The van der Waals surface area contributed by atoms with Crippen LogP contribution in [-0.4, -0.2) is 42.2 Å². The Morgan fingerprint density at radius 2 is 2.12 bits per heavy atom. The maximum absolute atomic E-state index is 12.8. The number of morpholine rings is 1. The predicted molar refractivity (Wildman–Crippen MR) is 94.7 cm³/mol. The van der Waals surface area contributed by atoms with Gasteiger partial charge in [0.25, 0.3) is 5.91 Å². The molecule has 0 spiro atoms. The van der Waals surface area contributed by atoms with E-state index in [1.807, 2.05) is 26.8 Å². The Morgan fingerprint density at radius 3 is 2.79 bits per heavy atom. The predicted octanol–water partition coefficient (Wildman–Crippen LogP) is 2.48. The number of aryl methyl sites for hydroxylation is 2. The van der Waals surface area contributed by atoms with Crippen LogP contribution in [0.2, 0.25) is 0 Å². The zero-order chi connectivity index (χ0) is 17.1. The van der Waals surface area contributed by atoms with Gasteiger partial charge >= 0.3 is 0 Å². The molecule has 1 aliphatic rings. The van der Waals surface area contributed by atoms with E-state index >= 15 is 0 Å². The summed E-state index contributed by atoms with van der Waals surface area (Å²) in [5.41, 5.74) is 1.58. The van der Waals surface area contributed by atoms with E-state index in [-0.39, 0.29) is 11.9 Å². The third-order valence-electron chi connectivity index (χ3n) is 4.02. The molecule has 3 heterocycles. The molecule has 7 heteroatoms. The summed E-state index contributed by atoms with van der Waals surface area (Å²) < 4.78 is 5.38. The average Bonchev–Trinajstić information content (AvgIpc) is 2.94. The van der Waals surface area contributed by atoms with E-state index in [1.165, 1.54) is 0 Å². The highest BCUT2D eigenvalue weighted by Gasteiger charge is 2.22. The molecule has 24 heavy (non-hydrogen) atoms. The summed E-state index contributed by atoms with van der Waals surface area (Å²) in [6.07, 6.45) is 1.72. The van der Waals surface area contributed by atoms with Gasteiger partial charge in [-0.15, -0.1) is 11.3 Å². The Morgan fingerprint density at radius 1 is 1.38 bits per heavy atom.